The Morgan fingerprint density at radius 1 is 1.17 bits per heavy atom. The topological polar surface area (TPSA) is 62.4 Å². The summed E-state index contributed by atoms with van der Waals surface area (Å²) in [6, 6.07) is 7.57. The minimum absolute atomic E-state index is 0.0597. The largest absolute Gasteiger partial charge is 0.573 e. The van der Waals surface area contributed by atoms with Gasteiger partial charge in [0.1, 0.15) is 5.75 Å². The van der Waals surface area contributed by atoms with Gasteiger partial charge in [0.2, 0.25) is 10.0 Å². The second kappa shape index (κ2) is 6.14. The molecule has 1 aliphatic rings. The number of hydrogen-bond donors (Lipinski definition) is 1. The number of alkyl halides is 3. The quantitative estimate of drug-likeness (QED) is 0.909. The smallest absolute Gasteiger partial charge is 0.406 e. The number of H-pyrrole nitrogens is 1. The van der Waals surface area contributed by atoms with Crippen LogP contribution in [0.15, 0.2) is 47.5 Å². The maximum absolute atomic E-state index is 12.8. The monoisotopic (exact) mass is 360 g/mol. The molecule has 0 aliphatic carbocycles. The van der Waals surface area contributed by atoms with Crippen molar-refractivity contribution in [2.75, 3.05) is 6.54 Å². The van der Waals surface area contributed by atoms with E-state index < -0.39 is 22.1 Å². The number of aromatic nitrogens is 1. The van der Waals surface area contributed by atoms with Gasteiger partial charge in [0.15, 0.2) is 0 Å². The highest BCUT2D eigenvalue weighted by atomic mass is 32.2. The van der Waals surface area contributed by atoms with E-state index in [-0.39, 0.29) is 10.9 Å². The average Bonchev–Trinajstić information content (AvgIpc) is 3.17. The minimum atomic E-state index is -4.81. The highest BCUT2D eigenvalue weighted by Crippen LogP contribution is 2.36. The van der Waals surface area contributed by atoms with Crippen molar-refractivity contribution >= 4 is 10.0 Å². The van der Waals surface area contributed by atoms with E-state index in [1.54, 1.807) is 12.3 Å². The number of ether oxygens (including phenoxy) is 1. The number of halogens is 3. The minimum Gasteiger partial charge on any atom is -0.406 e. The summed E-state index contributed by atoms with van der Waals surface area (Å²) in [5.41, 5.74) is 0.799. The standard InChI is InChI=1S/C15H15F3N2O3S/c16-15(17,18)23-11-5-7-12(8-6-11)24(21,22)20-10-2-4-14(20)13-3-1-9-19-13/h1,3,5-9,14,19H,2,4,10H2/t14-/m0/s1. The molecule has 0 unspecified atom stereocenters. The summed E-state index contributed by atoms with van der Waals surface area (Å²) in [5, 5.41) is 0. The van der Waals surface area contributed by atoms with Crippen LogP contribution in [0.2, 0.25) is 0 Å². The van der Waals surface area contributed by atoms with E-state index in [9.17, 15) is 21.6 Å². The summed E-state index contributed by atoms with van der Waals surface area (Å²) in [4.78, 5) is 2.96. The van der Waals surface area contributed by atoms with Crippen LogP contribution in [0.5, 0.6) is 5.75 Å². The van der Waals surface area contributed by atoms with Gasteiger partial charge in [-0.05, 0) is 49.2 Å². The molecular weight excluding hydrogens is 345 g/mol. The lowest BCUT2D eigenvalue weighted by Gasteiger charge is -2.23. The lowest BCUT2D eigenvalue weighted by Crippen LogP contribution is -2.30. The lowest BCUT2D eigenvalue weighted by atomic mass is 10.2. The Balaban J connectivity index is 1.85. The molecule has 0 radical (unpaired) electrons. The summed E-state index contributed by atoms with van der Waals surface area (Å²) in [6.45, 7) is 0.368. The van der Waals surface area contributed by atoms with Crippen molar-refractivity contribution in [1.82, 2.24) is 9.29 Å². The van der Waals surface area contributed by atoms with E-state index in [1.165, 1.54) is 4.31 Å². The highest BCUT2D eigenvalue weighted by molar-refractivity contribution is 7.89. The number of nitrogens with zero attached hydrogens (tertiary/aromatic N) is 1. The molecule has 0 bridgehead atoms. The van der Waals surface area contributed by atoms with Gasteiger partial charge in [0.05, 0.1) is 10.9 Å². The number of hydrogen-bond acceptors (Lipinski definition) is 3. The second-order valence-corrected chi connectivity index (χ2v) is 7.31. The van der Waals surface area contributed by atoms with Crippen LogP contribution in [0, 0.1) is 0 Å². The van der Waals surface area contributed by atoms with Crippen LogP contribution >= 0.6 is 0 Å². The van der Waals surface area contributed by atoms with Gasteiger partial charge in [0, 0.05) is 18.4 Å². The predicted octanol–water partition coefficient (Wildman–Crippen LogP) is 3.44. The molecular formula is C15H15F3N2O3S. The molecule has 0 spiro atoms. The SMILES string of the molecule is O=S(=O)(c1ccc(OC(F)(F)F)cc1)N1CCC[C@H]1c1ccc[nH]1. The molecule has 1 saturated heterocycles. The third-order valence-corrected chi connectivity index (χ3v) is 5.77. The van der Waals surface area contributed by atoms with Crippen molar-refractivity contribution < 1.29 is 26.3 Å². The van der Waals surface area contributed by atoms with Crippen LogP contribution < -0.4 is 4.74 Å². The Bertz CT molecular complexity index is 786. The van der Waals surface area contributed by atoms with Gasteiger partial charge < -0.3 is 9.72 Å². The summed E-state index contributed by atoms with van der Waals surface area (Å²) in [5.74, 6) is -0.455. The van der Waals surface area contributed by atoms with Gasteiger partial charge in [-0.15, -0.1) is 13.2 Å². The molecule has 1 N–H and O–H groups in total. The van der Waals surface area contributed by atoms with Crippen LogP contribution in [-0.4, -0.2) is 30.6 Å². The molecule has 3 rings (SSSR count). The first-order valence-electron chi connectivity index (χ1n) is 7.28. The third-order valence-electron chi connectivity index (χ3n) is 3.85. The third kappa shape index (κ3) is 3.41. The second-order valence-electron chi connectivity index (χ2n) is 5.42. The number of rotatable bonds is 4. The summed E-state index contributed by atoms with van der Waals surface area (Å²) >= 11 is 0. The summed E-state index contributed by atoms with van der Waals surface area (Å²) in [7, 11) is -3.80. The molecule has 1 atom stereocenters. The average molecular weight is 360 g/mol. The van der Waals surface area contributed by atoms with Crippen molar-refractivity contribution in [3.63, 3.8) is 0 Å². The van der Waals surface area contributed by atoms with Gasteiger partial charge in [-0.2, -0.15) is 4.31 Å². The van der Waals surface area contributed by atoms with Gasteiger partial charge in [-0.25, -0.2) is 8.42 Å². The maximum Gasteiger partial charge on any atom is 0.573 e. The molecule has 1 aliphatic heterocycles. The fourth-order valence-electron chi connectivity index (χ4n) is 2.84. The van der Waals surface area contributed by atoms with E-state index >= 15 is 0 Å². The Hall–Kier alpha value is -2.00. The molecule has 24 heavy (non-hydrogen) atoms. The van der Waals surface area contributed by atoms with Gasteiger partial charge in [0.25, 0.3) is 0 Å². The molecule has 1 aromatic carbocycles. The van der Waals surface area contributed by atoms with Crippen molar-refractivity contribution in [2.45, 2.75) is 30.1 Å². The van der Waals surface area contributed by atoms with Gasteiger partial charge >= 0.3 is 6.36 Å². The predicted molar refractivity (Wildman–Crippen MR) is 79.8 cm³/mol. The van der Waals surface area contributed by atoms with Crippen molar-refractivity contribution in [1.29, 1.82) is 0 Å². The Labute approximate surface area is 137 Å². The first-order valence-corrected chi connectivity index (χ1v) is 8.72. The van der Waals surface area contributed by atoms with Gasteiger partial charge in [-0.3, -0.25) is 0 Å². The summed E-state index contributed by atoms with van der Waals surface area (Å²) in [6.07, 6.45) is -1.68. The fourth-order valence-corrected chi connectivity index (χ4v) is 4.51. The number of aromatic amines is 1. The first kappa shape index (κ1) is 16.8. The molecule has 5 nitrogen and oxygen atoms in total. The van der Waals surface area contributed by atoms with Crippen molar-refractivity contribution in [2.24, 2.45) is 0 Å². The fraction of sp³-hybridized carbons (Fsp3) is 0.333. The molecule has 1 aromatic heterocycles. The first-order chi connectivity index (χ1) is 11.3. The molecule has 9 heteroatoms. The van der Waals surface area contributed by atoms with Crippen LogP contribution in [0.25, 0.3) is 0 Å². The lowest BCUT2D eigenvalue weighted by molar-refractivity contribution is -0.274. The van der Waals surface area contributed by atoms with Crippen LogP contribution in [-0.2, 0) is 10.0 Å². The van der Waals surface area contributed by atoms with Gasteiger partial charge in [-0.1, -0.05) is 0 Å². The molecule has 130 valence electrons. The van der Waals surface area contributed by atoms with Crippen molar-refractivity contribution in [3.8, 4) is 5.75 Å². The maximum atomic E-state index is 12.8. The van der Waals surface area contributed by atoms with E-state index in [0.29, 0.717) is 13.0 Å². The summed E-state index contributed by atoms with van der Waals surface area (Å²) < 4.78 is 67.2. The van der Waals surface area contributed by atoms with Crippen LogP contribution in [0.3, 0.4) is 0 Å². The zero-order chi connectivity index (χ0) is 17.4. The van der Waals surface area contributed by atoms with Crippen LogP contribution in [0.1, 0.15) is 24.6 Å². The molecule has 0 saturated carbocycles. The number of benzene rings is 1. The van der Waals surface area contributed by atoms with Crippen LogP contribution in [0.4, 0.5) is 13.2 Å². The Morgan fingerprint density at radius 3 is 2.46 bits per heavy atom. The number of sulfonamides is 1. The van der Waals surface area contributed by atoms with E-state index in [1.807, 2.05) is 6.07 Å². The molecule has 0 amide bonds. The van der Waals surface area contributed by atoms with E-state index in [4.69, 9.17) is 0 Å². The van der Waals surface area contributed by atoms with E-state index in [0.717, 1.165) is 36.4 Å². The zero-order valence-electron chi connectivity index (χ0n) is 12.5. The Kier molecular flexibility index (Phi) is 4.31. The highest BCUT2D eigenvalue weighted by Gasteiger charge is 2.37. The number of nitrogens with one attached hydrogen (secondary N) is 1. The Morgan fingerprint density at radius 2 is 1.88 bits per heavy atom. The van der Waals surface area contributed by atoms with Crippen molar-refractivity contribution in [3.05, 3.63) is 48.3 Å². The molecule has 2 heterocycles. The van der Waals surface area contributed by atoms with E-state index in [2.05, 4.69) is 9.72 Å². The normalized spacial score (nSPS) is 19.5. The zero-order valence-corrected chi connectivity index (χ0v) is 13.3. The molecule has 2 aromatic rings. The molecule has 1 fully saturated rings.